The molecule has 0 aromatic carbocycles. The zero-order valence-corrected chi connectivity index (χ0v) is 14.4. The predicted molar refractivity (Wildman–Crippen MR) is 86.8 cm³/mol. The third kappa shape index (κ3) is 5.20. The number of rotatable bonds is 5. The first-order chi connectivity index (χ1) is 9.99. The van der Waals surface area contributed by atoms with Crippen LogP contribution < -0.4 is 5.32 Å². The summed E-state index contributed by atoms with van der Waals surface area (Å²) in [6, 6.07) is 0. The van der Waals surface area contributed by atoms with Crippen LogP contribution in [0, 0.1) is 11.8 Å². The highest BCUT2D eigenvalue weighted by Crippen LogP contribution is 2.25. The smallest absolute Gasteiger partial charge is 0.215 e. The predicted octanol–water partition coefficient (Wildman–Crippen LogP) is 0.980. The van der Waals surface area contributed by atoms with Crippen LogP contribution in [0.2, 0.25) is 0 Å². The zero-order valence-electron chi connectivity index (χ0n) is 13.6. The van der Waals surface area contributed by atoms with Gasteiger partial charge in [0.25, 0.3) is 0 Å². The average molecular weight is 317 g/mol. The van der Waals surface area contributed by atoms with Gasteiger partial charge in [0.05, 0.1) is 5.75 Å². The Morgan fingerprint density at radius 2 is 1.81 bits per heavy atom. The minimum absolute atomic E-state index is 0.277. The maximum absolute atomic E-state index is 12.5. The molecule has 2 rings (SSSR count). The summed E-state index contributed by atoms with van der Waals surface area (Å²) >= 11 is 0. The van der Waals surface area contributed by atoms with E-state index in [4.69, 9.17) is 0 Å². The third-order valence-electron chi connectivity index (χ3n) is 4.94. The van der Waals surface area contributed by atoms with E-state index in [2.05, 4.69) is 24.1 Å². The molecule has 0 spiro atoms. The first-order valence-corrected chi connectivity index (χ1v) is 10.0. The lowest BCUT2D eigenvalue weighted by Gasteiger charge is -2.28. The van der Waals surface area contributed by atoms with E-state index in [0.717, 1.165) is 39.0 Å². The molecule has 6 heteroatoms. The fourth-order valence-electron chi connectivity index (χ4n) is 3.35. The molecule has 21 heavy (non-hydrogen) atoms. The topological polar surface area (TPSA) is 52.7 Å². The van der Waals surface area contributed by atoms with E-state index in [0.29, 0.717) is 31.5 Å². The minimum Gasteiger partial charge on any atom is -0.314 e. The van der Waals surface area contributed by atoms with Gasteiger partial charge in [-0.3, -0.25) is 4.90 Å². The summed E-state index contributed by atoms with van der Waals surface area (Å²) in [6.07, 6.45) is 3.20. The van der Waals surface area contributed by atoms with Crippen molar-refractivity contribution in [3.05, 3.63) is 0 Å². The summed E-state index contributed by atoms with van der Waals surface area (Å²) in [4.78, 5) is 2.25. The Hall–Kier alpha value is -0.170. The quantitative estimate of drug-likeness (QED) is 0.821. The van der Waals surface area contributed by atoms with E-state index >= 15 is 0 Å². The van der Waals surface area contributed by atoms with Crippen LogP contribution in [0.25, 0.3) is 0 Å². The van der Waals surface area contributed by atoms with Crippen molar-refractivity contribution in [1.29, 1.82) is 0 Å². The van der Waals surface area contributed by atoms with Crippen molar-refractivity contribution < 1.29 is 8.42 Å². The average Bonchev–Trinajstić information content (AvgIpc) is 2.73. The highest BCUT2D eigenvalue weighted by atomic mass is 32.2. The molecule has 0 amide bonds. The standard InChI is InChI=1S/C15H31N3O2S/c1-14(2)15-4-3-8-18(9-5-15)21(19,20)13-12-17-10-6-16-7-11-17/h14-16H,3-13H2,1-2H3. The summed E-state index contributed by atoms with van der Waals surface area (Å²) < 4.78 is 26.8. The molecule has 0 bridgehead atoms. The van der Waals surface area contributed by atoms with Crippen LogP contribution in [0.3, 0.4) is 0 Å². The van der Waals surface area contributed by atoms with Crippen molar-refractivity contribution in [3.8, 4) is 0 Å². The Morgan fingerprint density at radius 3 is 2.48 bits per heavy atom. The van der Waals surface area contributed by atoms with Crippen molar-refractivity contribution in [1.82, 2.24) is 14.5 Å². The fourth-order valence-corrected chi connectivity index (χ4v) is 4.89. The summed E-state index contributed by atoms with van der Waals surface area (Å²) in [7, 11) is -3.08. The first-order valence-electron chi connectivity index (χ1n) is 8.40. The van der Waals surface area contributed by atoms with Crippen LogP contribution in [0.5, 0.6) is 0 Å². The van der Waals surface area contributed by atoms with Gasteiger partial charge in [0.2, 0.25) is 10.0 Å². The molecule has 1 unspecified atom stereocenters. The lowest BCUT2D eigenvalue weighted by Crippen LogP contribution is -2.46. The first kappa shape index (κ1) is 17.2. The van der Waals surface area contributed by atoms with Gasteiger partial charge in [0.15, 0.2) is 0 Å². The Labute approximate surface area is 130 Å². The van der Waals surface area contributed by atoms with Crippen LogP contribution in [-0.4, -0.2) is 69.2 Å². The van der Waals surface area contributed by atoms with E-state index in [-0.39, 0.29) is 5.75 Å². The Morgan fingerprint density at radius 1 is 1.10 bits per heavy atom. The van der Waals surface area contributed by atoms with Crippen LogP contribution in [0.1, 0.15) is 33.1 Å². The lowest BCUT2D eigenvalue weighted by molar-refractivity contribution is 0.252. The Kier molecular flexibility index (Phi) is 6.47. The van der Waals surface area contributed by atoms with Gasteiger partial charge in [-0.25, -0.2) is 12.7 Å². The summed E-state index contributed by atoms with van der Waals surface area (Å²) in [5, 5.41) is 3.30. The van der Waals surface area contributed by atoms with E-state index in [1.165, 1.54) is 6.42 Å². The van der Waals surface area contributed by atoms with Crippen LogP contribution in [-0.2, 0) is 10.0 Å². The molecule has 2 fully saturated rings. The van der Waals surface area contributed by atoms with Crippen molar-refractivity contribution in [2.45, 2.75) is 33.1 Å². The van der Waals surface area contributed by atoms with Crippen molar-refractivity contribution in [2.24, 2.45) is 11.8 Å². The SMILES string of the molecule is CC(C)C1CCCN(S(=O)(=O)CCN2CCNCC2)CC1. The second kappa shape index (κ2) is 7.90. The highest BCUT2D eigenvalue weighted by Gasteiger charge is 2.27. The van der Waals surface area contributed by atoms with Crippen LogP contribution in [0.15, 0.2) is 0 Å². The summed E-state index contributed by atoms with van der Waals surface area (Å²) in [5.41, 5.74) is 0. The fraction of sp³-hybridized carbons (Fsp3) is 1.00. The molecule has 0 aromatic rings. The lowest BCUT2D eigenvalue weighted by atomic mass is 9.89. The van der Waals surface area contributed by atoms with E-state index < -0.39 is 10.0 Å². The van der Waals surface area contributed by atoms with E-state index in [9.17, 15) is 8.42 Å². The zero-order chi connectivity index (χ0) is 15.3. The minimum atomic E-state index is -3.08. The molecule has 0 aromatic heterocycles. The maximum atomic E-state index is 12.5. The number of nitrogens with zero attached hydrogens (tertiary/aromatic N) is 2. The molecule has 1 N–H and O–H groups in total. The second-order valence-corrected chi connectivity index (χ2v) is 8.83. The van der Waals surface area contributed by atoms with Gasteiger partial charge in [-0.15, -0.1) is 0 Å². The third-order valence-corrected chi connectivity index (χ3v) is 6.79. The largest absolute Gasteiger partial charge is 0.314 e. The molecule has 2 saturated heterocycles. The van der Waals surface area contributed by atoms with E-state index in [1.807, 2.05) is 0 Å². The molecule has 124 valence electrons. The molecule has 2 aliphatic rings. The second-order valence-electron chi connectivity index (χ2n) is 6.74. The van der Waals surface area contributed by atoms with Gasteiger partial charge in [-0.2, -0.15) is 0 Å². The number of hydrogen-bond acceptors (Lipinski definition) is 4. The summed E-state index contributed by atoms with van der Waals surface area (Å²) in [5.74, 6) is 1.62. The van der Waals surface area contributed by atoms with Gasteiger partial charge in [-0.05, 0) is 31.1 Å². The molecule has 5 nitrogen and oxygen atoms in total. The van der Waals surface area contributed by atoms with Crippen LogP contribution >= 0.6 is 0 Å². The maximum Gasteiger partial charge on any atom is 0.215 e. The molecule has 2 aliphatic heterocycles. The van der Waals surface area contributed by atoms with Crippen LogP contribution in [0.4, 0.5) is 0 Å². The molecule has 1 atom stereocenters. The van der Waals surface area contributed by atoms with Gasteiger partial charge in [0.1, 0.15) is 0 Å². The monoisotopic (exact) mass is 317 g/mol. The van der Waals surface area contributed by atoms with Crippen molar-refractivity contribution in [2.75, 3.05) is 51.6 Å². The van der Waals surface area contributed by atoms with Crippen molar-refractivity contribution >= 4 is 10.0 Å². The number of sulfonamides is 1. The number of piperazine rings is 1. The highest BCUT2D eigenvalue weighted by molar-refractivity contribution is 7.89. The van der Waals surface area contributed by atoms with Gasteiger partial charge in [-0.1, -0.05) is 13.8 Å². The molecule has 0 aliphatic carbocycles. The summed E-state index contributed by atoms with van der Waals surface area (Å²) in [6.45, 7) is 10.5. The molecular formula is C15H31N3O2S. The van der Waals surface area contributed by atoms with Crippen molar-refractivity contribution in [3.63, 3.8) is 0 Å². The number of nitrogens with one attached hydrogen (secondary N) is 1. The number of hydrogen-bond donors (Lipinski definition) is 1. The van der Waals surface area contributed by atoms with Gasteiger partial charge >= 0.3 is 0 Å². The van der Waals surface area contributed by atoms with Gasteiger partial charge < -0.3 is 5.32 Å². The van der Waals surface area contributed by atoms with E-state index in [1.54, 1.807) is 4.31 Å². The van der Waals surface area contributed by atoms with Gasteiger partial charge in [0, 0.05) is 45.8 Å². The molecule has 2 heterocycles. The Balaban J connectivity index is 1.83. The molecule has 0 radical (unpaired) electrons. The Bertz CT molecular complexity index is 405. The molecule has 0 saturated carbocycles. The normalized spacial score (nSPS) is 26.9. The molecular weight excluding hydrogens is 286 g/mol.